The van der Waals surface area contributed by atoms with E-state index in [-0.39, 0.29) is 19.0 Å². The normalized spacial score (nSPS) is 10.4. The summed E-state index contributed by atoms with van der Waals surface area (Å²) < 4.78 is 12.2. The Labute approximate surface area is 153 Å². The number of nitrogens with zero attached hydrogens (tertiary/aromatic N) is 2. The van der Waals surface area contributed by atoms with Crippen molar-refractivity contribution in [2.75, 3.05) is 14.2 Å². The number of unbranched alkanes of at least 4 members (excludes halogenated alkanes) is 1. The summed E-state index contributed by atoms with van der Waals surface area (Å²) in [4.78, 5) is 24.7. The average molecular weight is 356 g/mol. The molecule has 0 saturated carbocycles. The molecule has 0 fully saturated rings. The lowest BCUT2D eigenvalue weighted by molar-refractivity contribution is 0.105. The molecule has 2 rings (SSSR count). The van der Waals surface area contributed by atoms with Crippen molar-refractivity contribution >= 4 is 0 Å². The van der Waals surface area contributed by atoms with Gasteiger partial charge in [0.25, 0.3) is 5.56 Å². The number of aromatic nitrogens is 2. The van der Waals surface area contributed by atoms with Gasteiger partial charge in [0.1, 0.15) is 19.0 Å². The van der Waals surface area contributed by atoms with E-state index < -0.39 is 11.2 Å². The molecular formula is C20H24N2O4. The highest BCUT2D eigenvalue weighted by molar-refractivity contribution is 5.42. The van der Waals surface area contributed by atoms with Crippen LogP contribution in [0, 0.1) is 11.8 Å². The maximum absolute atomic E-state index is 12.5. The first-order chi connectivity index (χ1) is 12.6. The van der Waals surface area contributed by atoms with Crippen LogP contribution in [0.4, 0.5) is 0 Å². The SMILES string of the molecule is CCCCc1ccc(C#Cc2cn(COC)c(=O)n(COC)c2=O)cc1. The van der Waals surface area contributed by atoms with Crippen LogP contribution in [0.15, 0.2) is 40.1 Å². The van der Waals surface area contributed by atoms with E-state index in [1.165, 1.54) is 30.5 Å². The number of ether oxygens (including phenoxy) is 2. The maximum Gasteiger partial charge on any atom is 0.334 e. The lowest BCUT2D eigenvalue weighted by Crippen LogP contribution is -2.41. The molecule has 0 bridgehead atoms. The number of hydrogen-bond donors (Lipinski definition) is 0. The molecule has 6 nitrogen and oxygen atoms in total. The highest BCUT2D eigenvalue weighted by Gasteiger charge is 2.09. The van der Waals surface area contributed by atoms with Crippen LogP contribution in [-0.2, 0) is 29.4 Å². The third-order valence-corrected chi connectivity index (χ3v) is 3.88. The third kappa shape index (κ3) is 4.94. The monoisotopic (exact) mass is 356 g/mol. The third-order valence-electron chi connectivity index (χ3n) is 3.88. The van der Waals surface area contributed by atoms with Crippen molar-refractivity contribution in [2.24, 2.45) is 0 Å². The van der Waals surface area contributed by atoms with Crippen molar-refractivity contribution in [3.05, 3.63) is 68.0 Å². The predicted octanol–water partition coefficient (Wildman–Crippen LogP) is 1.96. The number of hydrogen-bond acceptors (Lipinski definition) is 4. The molecule has 138 valence electrons. The summed E-state index contributed by atoms with van der Waals surface area (Å²) in [7, 11) is 2.90. The van der Waals surface area contributed by atoms with Crippen LogP contribution in [0.5, 0.6) is 0 Å². The molecule has 0 N–H and O–H groups in total. The van der Waals surface area contributed by atoms with Crippen molar-refractivity contribution in [3.63, 3.8) is 0 Å². The molecule has 1 heterocycles. The number of aryl methyl sites for hydroxylation is 1. The van der Waals surface area contributed by atoms with Crippen LogP contribution in [0.25, 0.3) is 0 Å². The Morgan fingerprint density at radius 1 is 1.00 bits per heavy atom. The number of rotatable bonds is 7. The van der Waals surface area contributed by atoms with E-state index in [1.54, 1.807) is 0 Å². The van der Waals surface area contributed by atoms with Crippen molar-refractivity contribution in [2.45, 2.75) is 39.6 Å². The van der Waals surface area contributed by atoms with Crippen LogP contribution in [-0.4, -0.2) is 23.4 Å². The largest absolute Gasteiger partial charge is 0.364 e. The van der Waals surface area contributed by atoms with Crippen molar-refractivity contribution in [1.82, 2.24) is 9.13 Å². The second-order valence-corrected chi connectivity index (χ2v) is 5.91. The molecule has 0 aliphatic carbocycles. The zero-order valence-electron chi connectivity index (χ0n) is 15.4. The van der Waals surface area contributed by atoms with Crippen LogP contribution >= 0.6 is 0 Å². The first-order valence-electron chi connectivity index (χ1n) is 8.53. The van der Waals surface area contributed by atoms with E-state index in [0.29, 0.717) is 0 Å². The fourth-order valence-corrected chi connectivity index (χ4v) is 2.49. The van der Waals surface area contributed by atoms with Crippen LogP contribution in [0.1, 0.15) is 36.5 Å². The van der Waals surface area contributed by atoms with Gasteiger partial charge in [0, 0.05) is 26.0 Å². The van der Waals surface area contributed by atoms with E-state index >= 15 is 0 Å². The molecule has 0 amide bonds. The lowest BCUT2D eigenvalue weighted by atomic mass is 10.1. The molecule has 0 spiro atoms. The van der Waals surface area contributed by atoms with E-state index in [9.17, 15) is 9.59 Å². The molecule has 0 aliphatic rings. The molecule has 6 heteroatoms. The Bertz CT molecular complexity index is 899. The smallest absolute Gasteiger partial charge is 0.334 e. The number of benzene rings is 1. The highest BCUT2D eigenvalue weighted by atomic mass is 16.5. The first kappa shape index (κ1) is 19.7. The van der Waals surface area contributed by atoms with Gasteiger partial charge in [-0.25, -0.2) is 9.36 Å². The quantitative estimate of drug-likeness (QED) is 0.712. The fourth-order valence-electron chi connectivity index (χ4n) is 2.49. The van der Waals surface area contributed by atoms with Gasteiger partial charge in [-0.3, -0.25) is 9.36 Å². The van der Waals surface area contributed by atoms with E-state index in [0.717, 1.165) is 29.4 Å². The maximum atomic E-state index is 12.5. The Kier molecular flexibility index (Phi) is 7.39. The van der Waals surface area contributed by atoms with E-state index in [1.807, 2.05) is 12.1 Å². The molecular weight excluding hydrogens is 332 g/mol. The summed E-state index contributed by atoms with van der Waals surface area (Å²) in [6.07, 6.45) is 4.79. The van der Waals surface area contributed by atoms with Crippen molar-refractivity contribution < 1.29 is 9.47 Å². The van der Waals surface area contributed by atoms with Gasteiger partial charge in [0.05, 0.1) is 0 Å². The molecule has 1 aromatic carbocycles. The second kappa shape index (κ2) is 9.76. The van der Waals surface area contributed by atoms with Crippen molar-refractivity contribution in [1.29, 1.82) is 0 Å². The van der Waals surface area contributed by atoms with Crippen LogP contribution in [0.2, 0.25) is 0 Å². The van der Waals surface area contributed by atoms with Crippen LogP contribution in [0.3, 0.4) is 0 Å². The van der Waals surface area contributed by atoms with E-state index in [4.69, 9.17) is 9.47 Å². The van der Waals surface area contributed by atoms with Gasteiger partial charge >= 0.3 is 5.69 Å². The van der Waals surface area contributed by atoms with Gasteiger partial charge in [-0.2, -0.15) is 0 Å². The van der Waals surface area contributed by atoms with Gasteiger partial charge in [0.15, 0.2) is 0 Å². The number of methoxy groups -OCH3 is 2. The summed E-state index contributed by atoms with van der Waals surface area (Å²) in [6, 6.07) is 7.98. The minimum atomic E-state index is -0.496. The lowest BCUT2D eigenvalue weighted by Gasteiger charge is -2.09. The Morgan fingerprint density at radius 3 is 2.31 bits per heavy atom. The average Bonchev–Trinajstić information content (AvgIpc) is 2.65. The molecule has 0 atom stereocenters. The second-order valence-electron chi connectivity index (χ2n) is 5.91. The Hall–Kier alpha value is -2.62. The standard InChI is InChI=1S/C20H24N2O4/c1-4-5-6-16-7-9-17(10-8-16)11-12-18-13-21(14-25-2)20(24)22(15-26-3)19(18)23/h7-10,13H,4-6,14-15H2,1-3H3. The van der Waals surface area contributed by atoms with Crippen LogP contribution < -0.4 is 11.2 Å². The fraction of sp³-hybridized carbons (Fsp3) is 0.400. The minimum absolute atomic E-state index is 0.0314. The molecule has 26 heavy (non-hydrogen) atoms. The molecule has 0 saturated heterocycles. The molecule has 0 aliphatic heterocycles. The Balaban J connectivity index is 2.36. The van der Waals surface area contributed by atoms with E-state index in [2.05, 4.69) is 30.9 Å². The zero-order valence-corrected chi connectivity index (χ0v) is 15.4. The van der Waals surface area contributed by atoms with Gasteiger partial charge in [0.2, 0.25) is 0 Å². The molecule has 1 aromatic heterocycles. The summed E-state index contributed by atoms with van der Waals surface area (Å²) in [5.41, 5.74) is 1.33. The van der Waals surface area contributed by atoms with Crippen molar-refractivity contribution in [3.8, 4) is 11.8 Å². The van der Waals surface area contributed by atoms with Gasteiger partial charge in [-0.1, -0.05) is 37.3 Å². The summed E-state index contributed by atoms with van der Waals surface area (Å²) in [5.74, 6) is 5.85. The highest BCUT2D eigenvalue weighted by Crippen LogP contribution is 2.07. The topological polar surface area (TPSA) is 62.5 Å². The summed E-state index contributed by atoms with van der Waals surface area (Å²) in [6.45, 7) is 2.06. The van der Waals surface area contributed by atoms with Gasteiger partial charge < -0.3 is 9.47 Å². The minimum Gasteiger partial charge on any atom is -0.364 e. The summed E-state index contributed by atoms with van der Waals surface area (Å²) >= 11 is 0. The summed E-state index contributed by atoms with van der Waals surface area (Å²) in [5, 5.41) is 0. The molecule has 0 unspecified atom stereocenters. The zero-order chi connectivity index (χ0) is 18.9. The Morgan fingerprint density at radius 2 is 1.69 bits per heavy atom. The first-order valence-corrected chi connectivity index (χ1v) is 8.53. The van der Waals surface area contributed by atoms with Gasteiger partial charge in [-0.05, 0) is 30.5 Å². The molecule has 2 aromatic rings. The van der Waals surface area contributed by atoms with Gasteiger partial charge in [-0.15, -0.1) is 0 Å². The predicted molar refractivity (Wildman–Crippen MR) is 100 cm³/mol. The molecule has 0 radical (unpaired) electrons.